The van der Waals surface area contributed by atoms with Crippen molar-refractivity contribution >= 4 is 23.3 Å². The summed E-state index contributed by atoms with van der Waals surface area (Å²) in [5, 5.41) is 3.96. The van der Waals surface area contributed by atoms with Gasteiger partial charge in [0, 0.05) is 18.0 Å². The molecule has 1 N–H and O–H groups in total. The number of esters is 1. The SMILES string of the molecule is COC(=O)CCCCCNc1cc(Cl)ccc1OC. The molecule has 0 heterocycles. The molecule has 1 aromatic rings. The van der Waals surface area contributed by atoms with Crippen LogP contribution in [-0.4, -0.2) is 26.7 Å². The highest BCUT2D eigenvalue weighted by Gasteiger charge is 2.03. The number of unbranched alkanes of at least 4 members (excludes halogenated alkanes) is 2. The van der Waals surface area contributed by atoms with E-state index in [0.29, 0.717) is 11.4 Å². The molecule has 5 heteroatoms. The molecule has 0 aliphatic heterocycles. The first-order chi connectivity index (χ1) is 9.17. The van der Waals surface area contributed by atoms with Crippen LogP contribution in [0.15, 0.2) is 18.2 Å². The summed E-state index contributed by atoms with van der Waals surface area (Å²) in [6.45, 7) is 0.817. The number of ether oxygens (including phenoxy) is 2. The van der Waals surface area contributed by atoms with E-state index >= 15 is 0 Å². The second-order valence-corrected chi connectivity index (χ2v) is 4.59. The molecule has 0 saturated carbocycles. The third kappa shape index (κ3) is 5.83. The van der Waals surface area contributed by atoms with Crippen molar-refractivity contribution in [3.63, 3.8) is 0 Å². The lowest BCUT2D eigenvalue weighted by Gasteiger charge is -2.11. The molecule has 0 aliphatic rings. The van der Waals surface area contributed by atoms with E-state index < -0.39 is 0 Å². The summed E-state index contributed by atoms with van der Waals surface area (Å²) in [6, 6.07) is 5.47. The van der Waals surface area contributed by atoms with Gasteiger partial charge in [0.15, 0.2) is 0 Å². The Balaban J connectivity index is 2.25. The summed E-state index contributed by atoms with van der Waals surface area (Å²) < 4.78 is 9.83. The van der Waals surface area contributed by atoms with Crippen LogP contribution in [0.5, 0.6) is 5.75 Å². The van der Waals surface area contributed by atoms with E-state index in [1.54, 1.807) is 13.2 Å². The number of halogens is 1. The zero-order chi connectivity index (χ0) is 14.1. The molecule has 106 valence electrons. The van der Waals surface area contributed by atoms with Crippen molar-refractivity contribution in [2.24, 2.45) is 0 Å². The second kappa shape index (κ2) is 8.64. The molecule has 0 amide bonds. The first-order valence-electron chi connectivity index (χ1n) is 6.31. The van der Waals surface area contributed by atoms with Crippen LogP contribution in [0.3, 0.4) is 0 Å². The van der Waals surface area contributed by atoms with Gasteiger partial charge in [-0.05, 0) is 31.0 Å². The molecule has 0 aliphatic carbocycles. The van der Waals surface area contributed by atoms with Gasteiger partial charge in [-0.1, -0.05) is 18.0 Å². The molecule has 0 radical (unpaired) electrons. The molecule has 0 saturated heterocycles. The van der Waals surface area contributed by atoms with Crippen molar-refractivity contribution in [1.82, 2.24) is 0 Å². The number of anilines is 1. The van der Waals surface area contributed by atoms with Crippen molar-refractivity contribution < 1.29 is 14.3 Å². The molecule has 0 aromatic heterocycles. The lowest BCUT2D eigenvalue weighted by molar-refractivity contribution is -0.140. The maximum absolute atomic E-state index is 10.9. The van der Waals surface area contributed by atoms with Crippen LogP contribution >= 0.6 is 11.6 Å². The molecular weight excluding hydrogens is 266 g/mol. The van der Waals surface area contributed by atoms with Crippen LogP contribution in [0.4, 0.5) is 5.69 Å². The molecule has 4 nitrogen and oxygen atoms in total. The van der Waals surface area contributed by atoms with Gasteiger partial charge in [0.2, 0.25) is 0 Å². The zero-order valence-electron chi connectivity index (χ0n) is 11.4. The van der Waals surface area contributed by atoms with Crippen molar-refractivity contribution in [2.45, 2.75) is 25.7 Å². The predicted molar refractivity (Wildman–Crippen MR) is 77.0 cm³/mol. The Morgan fingerprint density at radius 1 is 1.26 bits per heavy atom. The molecule has 1 aromatic carbocycles. The fourth-order valence-corrected chi connectivity index (χ4v) is 1.89. The maximum atomic E-state index is 10.9. The van der Waals surface area contributed by atoms with Crippen LogP contribution in [0.25, 0.3) is 0 Å². The summed E-state index contributed by atoms with van der Waals surface area (Å²) in [5.74, 6) is 0.628. The highest BCUT2D eigenvalue weighted by atomic mass is 35.5. The minimum absolute atomic E-state index is 0.149. The quantitative estimate of drug-likeness (QED) is 0.587. The van der Waals surface area contributed by atoms with Gasteiger partial charge in [-0.15, -0.1) is 0 Å². The number of rotatable bonds is 8. The van der Waals surface area contributed by atoms with Crippen LogP contribution in [0, 0.1) is 0 Å². The fourth-order valence-electron chi connectivity index (χ4n) is 1.71. The number of hydrogen-bond acceptors (Lipinski definition) is 4. The lowest BCUT2D eigenvalue weighted by Crippen LogP contribution is -2.04. The summed E-state index contributed by atoms with van der Waals surface area (Å²) in [5.41, 5.74) is 0.892. The van der Waals surface area contributed by atoms with Crippen LogP contribution in [0.2, 0.25) is 5.02 Å². The fraction of sp³-hybridized carbons (Fsp3) is 0.500. The third-order valence-corrected chi connectivity index (χ3v) is 3.00. The normalized spacial score (nSPS) is 10.1. The van der Waals surface area contributed by atoms with E-state index in [2.05, 4.69) is 10.1 Å². The molecule has 0 bridgehead atoms. The van der Waals surface area contributed by atoms with Gasteiger partial charge in [0.05, 0.1) is 19.9 Å². The van der Waals surface area contributed by atoms with Gasteiger partial charge in [-0.25, -0.2) is 0 Å². The largest absolute Gasteiger partial charge is 0.495 e. The smallest absolute Gasteiger partial charge is 0.305 e. The molecule has 0 fully saturated rings. The Bertz CT molecular complexity index is 410. The molecule has 0 unspecified atom stereocenters. The highest BCUT2D eigenvalue weighted by Crippen LogP contribution is 2.27. The lowest BCUT2D eigenvalue weighted by atomic mass is 10.2. The number of methoxy groups -OCH3 is 2. The number of hydrogen-bond donors (Lipinski definition) is 1. The Morgan fingerprint density at radius 3 is 2.74 bits per heavy atom. The topological polar surface area (TPSA) is 47.6 Å². The van der Waals surface area contributed by atoms with Crippen molar-refractivity contribution in [3.05, 3.63) is 23.2 Å². The van der Waals surface area contributed by atoms with Crippen LogP contribution < -0.4 is 10.1 Å². The van der Waals surface area contributed by atoms with Gasteiger partial charge < -0.3 is 14.8 Å². The van der Waals surface area contributed by atoms with E-state index in [0.717, 1.165) is 37.2 Å². The van der Waals surface area contributed by atoms with Crippen molar-refractivity contribution in [2.75, 3.05) is 26.1 Å². The second-order valence-electron chi connectivity index (χ2n) is 4.16. The Morgan fingerprint density at radius 2 is 2.05 bits per heavy atom. The molecular formula is C14H20ClNO3. The monoisotopic (exact) mass is 285 g/mol. The number of benzene rings is 1. The summed E-state index contributed by atoms with van der Waals surface area (Å²) in [7, 11) is 3.04. The van der Waals surface area contributed by atoms with Crippen LogP contribution in [-0.2, 0) is 9.53 Å². The van der Waals surface area contributed by atoms with Crippen molar-refractivity contribution in [1.29, 1.82) is 0 Å². The van der Waals surface area contributed by atoms with Gasteiger partial charge in [-0.2, -0.15) is 0 Å². The minimum atomic E-state index is -0.149. The Kier molecular flexibility index (Phi) is 7.11. The minimum Gasteiger partial charge on any atom is -0.495 e. The van der Waals surface area contributed by atoms with Gasteiger partial charge in [0.1, 0.15) is 5.75 Å². The number of carbonyl (C=O) groups excluding carboxylic acids is 1. The molecule has 1 rings (SSSR count). The van der Waals surface area contributed by atoms with E-state index in [1.807, 2.05) is 12.1 Å². The third-order valence-electron chi connectivity index (χ3n) is 2.76. The highest BCUT2D eigenvalue weighted by molar-refractivity contribution is 6.30. The summed E-state index contributed by atoms with van der Waals surface area (Å²) >= 11 is 5.94. The molecule has 0 spiro atoms. The van der Waals surface area contributed by atoms with E-state index in [-0.39, 0.29) is 5.97 Å². The van der Waals surface area contributed by atoms with E-state index in [1.165, 1.54) is 7.11 Å². The van der Waals surface area contributed by atoms with E-state index in [4.69, 9.17) is 16.3 Å². The molecule has 19 heavy (non-hydrogen) atoms. The average Bonchev–Trinajstić information content (AvgIpc) is 2.42. The van der Waals surface area contributed by atoms with E-state index in [9.17, 15) is 4.79 Å². The molecule has 0 atom stereocenters. The average molecular weight is 286 g/mol. The Labute approximate surface area is 119 Å². The van der Waals surface area contributed by atoms with Gasteiger partial charge in [-0.3, -0.25) is 4.79 Å². The first kappa shape index (κ1) is 15.6. The number of carbonyl (C=O) groups is 1. The zero-order valence-corrected chi connectivity index (χ0v) is 12.1. The first-order valence-corrected chi connectivity index (χ1v) is 6.69. The van der Waals surface area contributed by atoms with Gasteiger partial charge in [0.25, 0.3) is 0 Å². The van der Waals surface area contributed by atoms with Gasteiger partial charge >= 0.3 is 5.97 Å². The maximum Gasteiger partial charge on any atom is 0.305 e. The summed E-state index contributed by atoms with van der Waals surface area (Å²) in [4.78, 5) is 10.9. The predicted octanol–water partition coefficient (Wildman–Crippen LogP) is 3.49. The summed E-state index contributed by atoms with van der Waals surface area (Å²) in [6.07, 6.45) is 3.29. The Hall–Kier alpha value is -1.42. The standard InChI is InChI=1S/C14H20ClNO3/c1-18-13-8-7-11(15)10-12(13)16-9-5-3-4-6-14(17)19-2/h7-8,10,16H,3-6,9H2,1-2H3. The van der Waals surface area contributed by atoms with Crippen LogP contribution in [0.1, 0.15) is 25.7 Å². The van der Waals surface area contributed by atoms with Crippen molar-refractivity contribution in [3.8, 4) is 5.75 Å². The number of nitrogens with one attached hydrogen (secondary N) is 1.